The van der Waals surface area contributed by atoms with Crippen LogP contribution < -0.4 is 16.0 Å². The van der Waals surface area contributed by atoms with Crippen LogP contribution in [0.2, 0.25) is 5.02 Å². The van der Waals surface area contributed by atoms with E-state index >= 15 is 0 Å². The monoisotopic (exact) mass is 347 g/mol. The third-order valence-electron chi connectivity index (χ3n) is 4.14. The average Bonchev–Trinajstić information content (AvgIpc) is 2.80. The smallest absolute Gasteiger partial charge is 0.222 e. The Hall–Kier alpha value is -2.05. The minimum Gasteiger partial charge on any atom is -0.388 e. The molecule has 1 atom stereocenters. The first kappa shape index (κ1) is 16.8. The molecular weight excluding hydrogens is 326 g/mol. The van der Waals surface area contributed by atoms with Crippen LogP contribution in [0.3, 0.4) is 0 Å². The first-order chi connectivity index (χ1) is 11.6. The molecule has 128 valence electrons. The summed E-state index contributed by atoms with van der Waals surface area (Å²) in [5.74, 6) is 1.09. The molecule has 0 amide bonds. The molecule has 1 fully saturated rings. The molecule has 0 radical (unpaired) electrons. The molecule has 6 nitrogen and oxygen atoms in total. The normalized spacial score (nSPS) is 18.3. The SMILES string of the molecule is CNc1ccc(Cl)c([C@@H]2COCCCN2c2cc(C)nc(N)n2)c1. The Morgan fingerprint density at radius 1 is 1.33 bits per heavy atom. The lowest BCUT2D eigenvalue weighted by Gasteiger charge is -2.31. The van der Waals surface area contributed by atoms with Gasteiger partial charge in [0.25, 0.3) is 0 Å². The van der Waals surface area contributed by atoms with E-state index in [9.17, 15) is 0 Å². The van der Waals surface area contributed by atoms with Gasteiger partial charge in [-0.25, -0.2) is 4.98 Å². The second-order valence-electron chi connectivity index (χ2n) is 5.85. The lowest BCUT2D eigenvalue weighted by molar-refractivity contribution is 0.134. The van der Waals surface area contributed by atoms with Crippen LogP contribution in [0, 0.1) is 6.92 Å². The molecule has 0 bridgehead atoms. The number of nitrogen functional groups attached to an aromatic ring is 1. The van der Waals surface area contributed by atoms with Crippen LogP contribution in [0.5, 0.6) is 0 Å². The van der Waals surface area contributed by atoms with Crippen LogP contribution in [0.4, 0.5) is 17.5 Å². The van der Waals surface area contributed by atoms with E-state index in [1.165, 1.54) is 0 Å². The molecule has 1 aliphatic rings. The van der Waals surface area contributed by atoms with Crippen molar-refractivity contribution in [3.05, 3.63) is 40.5 Å². The lowest BCUT2D eigenvalue weighted by Crippen LogP contribution is -2.32. The average molecular weight is 348 g/mol. The van der Waals surface area contributed by atoms with Gasteiger partial charge in [0.1, 0.15) is 5.82 Å². The molecular formula is C17H22ClN5O. The fourth-order valence-corrected chi connectivity index (χ4v) is 3.23. The molecule has 1 saturated heterocycles. The molecule has 3 rings (SSSR count). The van der Waals surface area contributed by atoms with E-state index in [0.29, 0.717) is 11.6 Å². The molecule has 1 aliphatic heterocycles. The summed E-state index contributed by atoms with van der Waals surface area (Å²) in [6.07, 6.45) is 0.919. The fraction of sp³-hybridized carbons (Fsp3) is 0.412. The van der Waals surface area contributed by atoms with Crippen molar-refractivity contribution in [2.24, 2.45) is 0 Å². The van der Waals surface area contributed by atoms with E-state index in [-0.39, 0.29) is 12.0 Å². The maximum atomic E-state index is 6.49. The van der Waals surface area contributed by atoms with Gasteiger partial charge in [0, 0.05) is 42.7 Å². The van der Waals surface area contributed by atoms with Crippen molar-refractivity contribution in [2.75, 3.05) is 42.8 Å². The Labute approximate surface area is 147 Å². The zero-order chi connectivity index (χ0) is 17.1. The summed E-state index contributed by atoms with van der Waals surface area (Å²) >= 11 is 6.49. The van der Waals surface area contributed by atoms with Gasteiger partial charge in [0.2, 0.25) is 5.95 Å². The second kappa shape index (κ2) is 7.23. The second-order valence-corrected chi connectivity index (χ2v) is 6.26. The van der Waals surface area contributed by atoms with Gasteiger partial charge in [-0.3, -0.25) is 0 Å². The summed E-state index contributed by atoms with van der Waals surface area (Å²) in [7, 11) is 1.89. The Kier molecular flexibility index (Phi) is 5.06. The van der Waals surface area contributed by atoms with Gasteiger partial charge in [-0.15, -0.1) is 0 Å². The van der Waals surface area contributed by atoms with Crippen molar-refractivity contribution in [3.8, 4) is 0 Å². The first-order valence-electron chi connectivity index (χ1n) is 8.01. The highest BCUT2D eigenvalue weighted by atomic mass is 35.5. The van der Waals surface area contributed by atoms with Crippen LogP contribution in [-0.4, -0.2) is 36.8 Å². The number of anilines is 3. The number of hydrogen-bond donors (Lipinski definition) is 2. The Morgan fingerprint density at radius 3 is 2.92 bits per heavy atom. The number of halogens is 1. The summed E-state index contributed by atoms with van der Waals surface area (Å²) in [6, 6.07) is 7.85. The minimum atomic E-state index is -0.0259. The van der Waals surface area contributed by atoms with Crippen LogP contribution in [0.25, 0.3) is 0 Å². The molecule has 24 heavy (non-hydrogen) atoms. The van der Waals surface area contributed by atoms with Crippen molar-refractivity contribution >= 4 is 29.1 Å². The van der Waals surface area contributed by atoms with Gasteiger partial charge in [0.05, 0.1) is 12.6 Å². The van der Waals surface area contributed by atoms with Crippen molar-refractivity contribution in [3.63, 3.8) is 0 Å². The topological polar surface area (TPSA) is 76.3 Å². The van der Waals surface area contributed by atoms with E-state index < -0.39 is 0 Å². The highest BCUT2D eigenvalue weighted by Crippen LogP contribution is 2.34. The number of rotatable bonds is 3. The van der Waals surface area contributed by atoms with Crippen LogP contribution in [-0.2, 0) is 4.74 Å². The molecule has 1 aromatic heterocycles. The van der Waals surface area contributed by atoms with E-state index in [1.54, 1.807) is 0 Å². The van der Waals surface area contributed by atoms with Crippen molar-refractivity contribution in [2.45, 2.75) is 19.4 Å². The minimum absolute atomic E-state index is 0.0259. The number of nitrogens with zero attached hydrogens (tertiary/aromatic N) is 3. The molecule has 1 aromatic carbocycles. The number of aromatic nitrogens is 2. The number of nitrogens with two attached hydrogens (primary N) is 1. The predicted molar refractivity (Wildman–Crippen MR) is 97.7 cm³/mol. The summed E-state index contributed by atoms with van der Waals surface area (Å²) in [6.45, 7) is 4.01. The molecule has 3 N–H and O–H groups in total. The van der Waals surface area contributed by atoms with Crippen LogP contribution in [0.1, 0.15) is 23.7 Å². The van der Waals surface area contributed by atoms with Gasteiger partial charge in [-0.05, 0) is 37.1 Å². The summed E-state index contributed by atoms with van der Waals surface area (Å²) in [5, 5.41) is 3.87. The number of aryl methyl sites for hydroxylation is 1. The zero-order valence-electron chi connectivity index (χ0n) is 13.9. The number of hydrogen-bond acceptors (Lipinski definition) is 6. The standard InChI is InChI=1S/C17H22ClN5O/c1-11-8-16(22-17(19)21-11)23-6-3-7-24-10-15(23)13-9-12(20-2)4-5-14(13)18/h4-5,8-9,15,20H,3,6-7,10H2,1-2H3,(H2,19,21,22)/t15-/m0/s1. The highest BCUT2D eigenvalue weighted by molar-refractivity contribution is 6.31. The fourth-order valence-electron chi connectivity index (χ4n) is 2.99. The molecule has 0 aliphatic carbocycles. The third-order valence-corrected chi connectivity index (χ3v) is 4.48. The lowest BCUT2D eigenvalue weighted by atomic mass is 10.0. The van der Waals surface area contributed by atoms with E-state index in [0.717, 1.165) is 42.3 Å². The molecule has 2 heterocycles. The molecule has 2 aromatic rings. The summed E-state index contributed by atoms with van der Waals surface area (Å²) in [4.78, 5) is 10.8. The van der Waals surface area contributed by atoms with Gasteiger partial charge in [-0.2, -0.15) is 4.98 Å². The Bertz CT molecular complexity index is 704. The molecule has 7 heteroatoms. The Morgan fingerprint density at radius 2 is 2.17 bits per heavy atom. The van der Waals surface area contributed by atoms with Crippen molar-refractivity contribution < 1.29 is 4.74 Å². The quantitative estimate of drug-likeness (QED) is 0.888. The van der Waals surface area contributed by atoms with E-state index in [2.05, 4.69) is 26.3 Å². The maximum Gasteiger partial charge on any atom is 0.222 e. The number of ether oxygens (including phenoxy) is 1. The van der Waals surface area contributed by atoms with Crippen molar-refractivity contribution in [1.29, 1.82) is 0 Å². The number of nitrogens with one attached hydrogen (secondary N) is 1. The van der Waals surface area contributed by atoms with Gasteiger partial charge in [-0.1, -0.05) is 11.6 Å². The third kappa shape index (κ3) is 3.55. The summed E-state index contributed by atoms with van der Waals surface area (Å²) < 4.78 is 5.81. The zero-order valence-corrected chi connectivity index (χ0v) is 14.7. The predicted octanol–water partition coefficient (Wildman–Crippen LogP) is 3.03. The van der Waals surface area contributed by atoms with E-state index in [4.69, 9.17) is 22.1 Å². The molecule has 0 unspecified atom stereocenters. The molecule has 0 saturated carbocycles. The van der Waals surface area contributed by atoms with Crippen molar-refractivity contribution in [1.82, 2.24) is 9.97 Å². The van der Waals surface area contributed by atoms with Crippen LogP contribution in [0.15, 0.2) is 24.3 Å². The van der Waals surface area contributed by atoms with Gasteiger partial charge < -0.3 is 20.7 Å². The first-order valence-corrected chi connectivity index (χ1v) is 8.39. The highest BCUT2D eigenvalue weighted by Gasteiger charge is 2.27. The summed E-state index contributed by atoms with van der Waals surface area (Å²) in [5.41, 5.74) is 8.72. The van der Waals surface area contributed by atoms with Crippen LogP contribution >= 0.6 is 11.6 Å². The molecule has 0 spiro atoms. The Balaban J connectivity index is 2.05. The largest absolute Gasteiger partial charge is 0.388 e. The number of benzene rings is 1. The maximum absolute atomic E-state index is 6.49. The van der Waals surface area contributed by atoms with E-state index in [1.807, 2.05) is 32.2 Å². The van der Waals surface area contributed by atoms with Gasteiger partial charge >= 0.3 is 0 Å². The van der Waals surface area contributed by atoms with Gasteiger partial charge in [0.15, 0.2) is 0 Å².